The third-order valence-corrected chi connectivity index (χ3v) is 1.29. The average molecular weight is 173 g/mol. The molecule has 0 rings (SSSR count). The Labute approximate surface area is 71.9 Å². The van der Waals surface area contributed by atoms with Crippen LogP contribution in [0.1, 0.15) is 13.3 Å². The van der Waals surface area contributed by atoms with Gasteiger partial charge in [-0.05, 0) is 19.9 Å². The minimum absolute atomic E-state index is 0.161. The first-order valence-corrected chi connectivity index (χ1v) is 3.88. The van der Waals surface area contributed by atoms with Gasteiger partial charge in [0.1, 0.15) is 0 Å². The van der Waals surface area contributed by atoms with Crippen LogP contribution < -0.4 is 5.32 Å². The van der Waals surface area contributed by atoms with Gasteiger partial charge in [0, 0.05) is 19.2 Å². The van der Waals surface area contributed by atoms with Gasteiger partial charge in [0.05, 0.1) is 0 Å². The van der Waals surface area contributed by atoms with Gasteiger partial charge in [-0.3, -0.25) is 0 Å². The van der Waals surface area contributed by atoms with Crippen molar-refractivity contribution in [2.24, 2.45) is 0 Å². The predicted octanol–water partition coefficient (Wildman–Crippen LogP) is -0.0107. The fourth-order valence-electron chi connectivity index (χ4n) is 0.751. The van der Waals surface area contributed by atoms with Crippen molar-refractivity contribution in [1.82, 2.24) is 5.32 Å². The number of carbonyl (C=O) groups is 1. The summed E-state index contributed by atoms with van der Waals surface area (Å²) in [5.41, 5.74) is 0.778. The second-order valence-electron chi connectivity index (χ2n) is 2.58. The predicted molar refractivity (Wildman–Crippen MR) is 46.0 cm³/mol. The van der Waals surface area contributed by atoms with E-state index in [-0.39, 0.29) is 6.61 Å². The highest BCUT2D eigenvalue weighted by atomic mass is 16.4. The molecule has 0 aliphatic rings. The van der Waals surface area contributed by atoms with Crippen LogP contribution in [0.25, 0.3) is 0 Å². The van der Waals surface area contributed by atoms with E-state index in [0.717, 1.165) is 5.57 Å². The number of rotatable bonds is 6. The Bertz CT molecular complexity index is 166. The van der Waals surface area contributed by atoms with E-state index in [4.69, 9.17) is 10.2 Å². The number of carboxylic acid groups (broad SMARTS) is 1. The number of aliphatic hydroxyl groups is 1. The molecule has 0 aliphatic heterocycles. The molecule has 0 fully saturated rings. The second-order valence-corrected chi connectivity index (χ2v) is 2.58. The van der Waals surface area contributed by atoms with Gasteiger partial charge >= 0.3 is 5.97 Å². The molecule has 0 heterocycles. The molecular formula is C8H15NO3. The molecule has 0 radical (unpaired) electrons. The normalized spacial score (nSPS) is 11.7. The number of nitrogens with one attached hydrogen (secondary N) is 1. The van der Waals surface area contributed by atoms with Crippen molar-refractivity contribution >= 4 is 5.97 Å². The summed E-state index contributed by atoms with van der Waals surface area (Å²) in [6.07, 6.45) is 1.87. The van der Waals surface area contributed by atoms with E-state index in [1.165, 1.54) is 6.08 Å². The van der Waals surface area contributed by atoms with Gasteiger partial charge in [-0.1, -0.05) is 5.57 Å². The molecule has 4 nitrogen and oxygen atoms in total. The minimum Gasteiger partial charge on any atom is -0.478 e. The molecule has 12 heavy (non-hydrogen) atoms. The van der Waals surface area contributed by atoms with Crippen LogP contribution in [0.15, 0.2) is 11.6 Å². The summed E-state index contributed by atoms with van der Waals surface area (Å²) in [7, 11) is 0. The van der Waals surface area contributed by atoms with E-state index in [2.05, 4.69) is 5.32 Å². The van der Waals surface area contributed by atoms with Crippen molar-refractivity contribution in [3.8, 4) is 0 Å². The summed E-state index contributed by atoms with van der Waals surface area (Å²) in [4.78, 5) is 10.2. The summed E-state index contributed by atoms with van der Waals surface area (Å²) < 4.78 is 0. The molecule has 3 N–H and O–H groups in total. The Morgan fingerprint density at radius 1 is 1.58 bits per heavy atom. The molecule has 0 spiro atoms. The van der Waals surface area contributed by atoms with Crippen LogP contribution in [0, 0.1) is 0 Å². The van der Waals surface area contributed by atoms with Crippen molar-refractivity contribution in [2.75, 3.05) is 19.7 Å². The Balaban J connectivity index is 3.43. The molecule has 0 aliphatic carbocycles. The lowest BCUT2D eigenvalue weighted by Gasteiger charge is -2.02. The van der Waals surface area contributed by atoms with E-state index in [9.17, 15) is 4.79 Å². The van der Waals surface area contributed by atoms with Crippen LogP contribution >= 0.6 is 0 Å². The van der Waals surface area contributed by atoms with E-state index >= 15 is 0 Å². The molecule has 70 valence electrons. The van der Waals surface area contributed by atoms with Gasteiger partial charge in [0.25, 0.3) is 0 Å². The van der Waals surface area contributed by atoms with E-state index in [1.54, 1.807) is 6.92 Å². The first-order valence-electron chi connectivity index (χ1n) is 3.88. The maximum Gasteiger partial charge on any atom is 0.328 e. The lowest BCUT2D eigenvalue weighted by Crippen LogP contribution is -2.18. The summed E-state index contributed by atoms with van der Waals surface area (Å²) in [6, 6.07) is 0. The molecule has 0 bridgehead atoms. The van der Waals surface area contributed by atoms with Crippen LogP contribution in [0.3, 0.4) is 0 Å². The molecule has 0 saturated heterocycles. The minimum atomic E-state index is -0.920. The van der Waals surface area contributed by atoms with Crippen molar-refractivity contribution in [3.05, 3.63) is 11.6 Å². The van der Waals surface area contributed by atoms with Crippen molar-refractivity contribution in [2.45, 2.75) is 13.3 Å². The van der Waals surface area contributed by atoms with Gasteiger partial charge in [-0.15, -0.1) is 0 Å². The number of hydrogen-bond donors (Lipinski definition) is 3. The summed E-state index contributed by atoms with van der Waals surface area (Å²) in [6.45, 7) is 3.18. The van der Waals surface area contributed by atoms with Gasteiger partial charge in [-0.2, -0.15) is 0 Å². The van der Waals surface area contributed by atoms with Crippen molar-refractivity contribution < 1.29 is 15.0 Å². The second kappa shape index (κ2) is 6.82. The van der Waals surface area contributed by atoms with Crippen LogP contribution in [0.2, 0.25) is 0 Å². The standard InChI is InChI=1S/C8H15NO3/c1-7(5-8(11)12)6-9-3-2-4-10/h5,9-10H,2-4,6H2,1H3,(H,11,12). The van der Waals surface area contributed by atoms with E-state index in [0.29, 0.717) is 19.5 Å². The maximum atomic E-state index is 10.2. The third kappa shape index (κ3) is 7.24. The fourth-order valence-corrected chi connectivity index (χ4v) is 0.751. The molecule has 0 aromatic carbocycles. The topological polar surface area (TPSA) is 69.6 Å². The quantitative estimate of drug-likeness (QED) is 0.390. The van der Waals surface area contributed by atoms with Gasteiger partial charge in [0.2, 0.25) is 0 Å². The molecular weight excluding hydrogens is 158 g/mol. The molecule has 0 unspecified atom stereocenters. The Hall–Kier alpha value is -0.870. The highest BCUT2D eigenvalue weighted by molar-refractivity contribution is 5.80. The van der Waals surface area contributed by atoms with E-state index in [1.807, 2.05) is 0 Å². The highest BCUT2D eigenvalue weighted by Gasteiger charge is 1.93. The largest absolute Gasteiger partial charge is 0.478 e. The molecule has 0 atom stereocenters. The number of hydrogen-bond acceptors (Lipinski definition) is 3. The maximum absolute atomic E-state index is 10.2. The zero-order valence-corrected chi connectivity index (χ0v) is 7.21. The first kappa shape index (κ1) is 11.1. The third-order valence-electron chi connectivity index (χ3n) is 1.29. The summed E-state index contributed by atoms with van der Waals surface area (Å²) >= 11 is 0. The van der Waals surface area contributed by atoms with Crippen LogP contribution in [-0.2, 0) is 4.79 Å². The van der Waals surface area contributed by atoms with Crippen LogP contribution in [0.5, 0.6) is 0 Å². The molecule has 0 amide bonds. The molecule has 0 saturated carbocycles. The van der Waals surface area contributed by atoms with Crippen molar-refractivity contribution in [3.63, 3.8) is 0 Å². The Morgan fingerprint density at radius 3 is 2.75 bits per heavy atom. The Kier molecular flexibility index (Phi) is 6.32. The van der Waals surface area contributed by atoms with Gasteiger partial charge in [-0.25, -0.2) is 4.79 Å². The molecule has 0 aromatic rings. The Morgan fingerprint density at radius 2 is 2.25 bits per heavy atom. The first-order chi connectivity index (χ1) is 5.66. The zero-order valence-electron chi connectivity index (χ0n) is 7.21. The average Bonchev–Trinajstić information content (AvgIpc) is 1.97. The van der Waals surface area contributed by atoms with Crippen LogP contribution in [0.4, 0.5) is 0 Å². The van der Waals surface area contributed by atoms with Gasteiger partial charge in [0.15, 0.2) is 0 Å². The summed E-state index contributed by atoms with van der Waals surface area (Å²) in [5, 5.41) is 19.8. The van der Waals surface area contributed by atoms with E-state index < -0.39 is 5.97 Å². The number of aliphatic carboxylic acids is 1. The number of carboxylic acids is 1. The molecule has 0 aromatic heterocycles. The SMILES string of the molecule is CC(=CC(=O)O)CNCCCO. The smallest absolute Gasteiger partial charge is 0.328 e. The molecule has 4 heteroatoms. The lowest BCUT2D eigenvalue weighted by molar-refractivity contribution is -0.131. The highest BCUT2D eigenvalue weighted by Crippen LogP contribution is 1.88. The number of aliphatic hydroxyl groups excluding tert-OH is 1. The summed E-state index contributed by atoms with van der Waals surface area (Å²) in [5.74, 6) is -0.920. The zero-order chi connectivity index (χ0) is 9.40. The van der Waals surface area contributed by atoms with Crippen molar-refractivity contribution in [1.29, 1.82) is 0 Å². The van der Waals surface area contributed by atoms with Crippen LogP contribution in [-0.4, -0.2) is 35.9 Å². The van der Waals surface area contributed by atoms with Gasteiger partial charge < -0.3 is 15.5 Å². The monoisotopic (exact) mass is 173 g/mol. The lowest BCUT2D eigenvalue weighted by atomic mass is 10.3. The fraction of sp³-hybridized carbons (Fsp3) is 0.625.